The molecule has 2 unspecified atom stereocenters. The van der Waals surface area contributed by atoms with Crippen molar-refractivity contribution >= 4 is 17.7 Å². The molecule has 142 valence electrons. The Balaban J connectivity index is 1.56. The molecular weight excluding hydrogens is 366 g/mol. The summed E-state index contributed by atoms with van der Waals surface area (Å²) >= 11 is 1.58. The Morgan fingerprint density at radius 1 is 1.11 bits per heavy atom. The normalized spacial score (nSPS) is 21.3. The smallest absolute Gasteiger partial charge is 0.233 e. The highest BCUT2D eigenvalue weighted by molar-refractivity contribution is 8.00. The number of thioether (sulfide) groups is 1. The highest BCUT2D eigenvalue weighted by Gasteiger charge is 2.37. The van der Waals surface area contributed by atoms with Gasteiger partial charge in [-0.05, 0) is 18.2 Å². The minimum atomic E-state index is -0.221. The third kappa shape index (κ3) is 3.39. The number of amides is 1. The number of carbonyl (C=O) groups excluding carboxylic acids is 1. The van der Waals surface area contributed by atoms with Crippen LogP contribution in [0.15, 0.2) is 42.5 Å². The molecule has 0 aliphatic carbocycles. The molecule has 0 bridgehead atoms. The van der Waals surface area contributed by atoms with Crippen molar-refractivity contribution in [3.05, 3.63) is 48.0 Å². The van der Waals surface area contributed by atoms with Gasteiger partial charge in [-0.1, -0.05) is 24.3 Å². The summed E-state index contributed by atoms with van der Waals surface area (Å²) in [7, 11) is 3.22. The van der Waals surface area contributed by atoms with Crippen LogP contribution < -0.4 is 18.9 Å². The van der Waals surface area contributed by atoms with Crippen molar-refractivity contribution in [2.75, 3.05) is 33.1 Å². The van der Waals surface area contributed by atoms with Crippen molar-refractivity contribution in [3.8, 4) is 23.0 Å². The Labute approximate surface area is 162 Å². The zero-order valence-corrected chi connectivity index (χ0v) is 16.0. The second-order valence-corrected chi connectivity index (χ2v) is 7.36. The first-order valence-electron chi connectivity index (χ1n) is 8.71. The van der Waals surface area contributed by atoms with Gasteiger partial charge in [0.15, 0.2) is 29.1 Å². The lowest BCUT2D eigenvalue weighted by molar-refractivity contribution is -0.129. The fourth-order valence-electron chi connectivity index (χ4n) is 3.39. The number of para-hydroxylation sites is 3. The summed E-state index contributed by atoms with van der Waals surface area (Å²) in [5.74, 6) is 3.27. The van der Waals surface area contributed by atoms with Gasteiger partial charge in [-0.15, -0.1) is 11.8 Å². The number of ether oxygens (including phenoxy) is 4. The fraction of sp³-hybridized carbons (Fsp3) is 0.350. The summed E-state index contributed by atoms with van der Waals surface area (Å²) in [5.41, 5.74) is 0.921. The monoisotopic (exact) mass is 387 g/mol. The molecule has 4 rings (SSSR count). The van der Waals surface area contributed by atoms with Gasteiger partial charge in [0.1, 0.15) is 12.0 Å². The summed E-state index contributed by atoms with van der Waals surface area (Å²) in [4.78, 5) is 14.4. The molecule has 6 nitrogen and oxygen atoms in total. The molecule has 2 aliphatic heterocycles. The highest BCUT2D eigenvalue weighted by atomic mass is 32.2. The van der Waals surface area contributed by atoms with Crippen LogP contribution in [0.3, 0.4) is 0 Å². The first kappa shape index (κ1) is 17.9. The molecule has 0 radical (unpaired) electrons. The molecule has 2 aromatic rings. The zero-order valence-electron chi connectivity index (χ0n) is 15.2. The summed E-state index contributed by atoms with van der Waals surface area (Å²) in [6, 6.07) is 13.3. The average Bonchev–Trinajstić information content (AvgIpc) is 3.07. The van der Waals surface area contributed by atoms with Crippen molar-refractivity contribution in [1.82, 2.24) is 4.90 Å². The van der Waals surface area contributed by atoms with Gasteiger partial charge in [-0.3, -0.25) is 4.79 Å². The van der Waals surface area contributed by atoms with E-state index >= 15 is 0 Å². The van der Waals surface area contributed by atoms with Crippen LogP contribution in [-0.4, -0.2) is 50.0 Å². The summed E-state index contributed by atoms with van der Waals surface area (Å²) in [6.07, 6.45) is -0.221. The van der Waals surface area contributed by atoms with Crippen molar-refractivity contribution < 1.29 is 23.7 Å². The van der Waals surface area contributed by atoms with E-state index in [1.54, 1.807) is 26.0 Å². The van der Waals surface area contributed by atoms with Gasteiger partial charge >= 0.3 is 0 Å². The minimum Gasteiger partial charge on any atom is -0.493 e. The maximum atomic E-state index is 12.6. The molecule has 2 atom stereocenters. The van der Waals surface area contributed by atoms with Gasteiger partial charge in [0, 0.05) is 5.56 Å². The van der Waals surface area contributed by atoms with E-state index in [1.165, 1.54) is 0 Å². The molecule has 27 heavy (non-hydrogen) atoms. The number of fused-ring (bicyclic) bond motifs is 1. The predicted molar refractivity (Wildman–Crippen MR) is 103 cm³/mol. The number of methoxy groups -OCH3 is 2. The van der Waals surface area contributed by atoms with E-state index in [2.05, 4.69) is 0 Å². The molecule has 1 saturated heterocycles. The van der Waals surface area contributed by atoms with E-state index < -0.39 is 0 Å². The zero-order chi connectivity index (χ0) is 18.8. The summed E-state index contributed by atoms with van der Waals surface area (Å²) in [5, 5.41) is -0.150. The van der Waals surface area contributed by atoms with Gasteiger partial charge in [0.05, 0.1) is 26.5 Å². The molecular formula is C20H21NO5S. The Morgan fingerprint density at radius 3 is 2.70 bits per heavy atom. The molecule has 0 saturated carbocycles. The lowest BCUT2D eigenvalue weighted by Gasteiger charge is -2.32. The van der Waals surface area contributed by atoms with E-state index in [-0.39, 0.29) is 17.4 Å². The maximum absolute atomic E-state index is 12.6. The van der Waals surface area contributed by atoms with Crippen LogP contribution in [0.4, 0.5) is 0 Å². The Kier molecular flexibility index (Phi) is 5.03. The fourth-order valence-corrected chi connectivity index (χ4v) is 4.60. The number of nitrogens with zero attached hydrogens (tertiary/aromatic N) is 1. The van der Waals surface area contributed by atoms with Crippen LogP contribution in [-0.2, 0) is 4.79 Å². The number of benzene rings is 2. The van der Waals surface area contributed by atoms with Gasteiger partial charge in [0.25, 0.3) is 0 Å². The number of rotatable bonds is 5. The molecule has 7 heteroatoms. The largest absolute Gasteiger partial charge is 0.493 e. The van der Waals surface area contributed by atoms with Crippen LogP contribution in [0.1, 0.15) is 10.9 Å². The Hall–Kier alpha value is -2.54. The molecule has 2 aliphatic rings. The minimum absolute atomic E-state index is 0.0809. The predicted octanol–water partition coefficient (Wildman–Crippen LogP) is 3.12. The van der Waals surface area contributed by atoms with Crippen LogP contribution in [0.25, 0.3) is 0 Å². The number of hydrogen-bond donors (Lipinski definition) is 0. The van der Waals surface area contributed by atoms with Gasteiger partial charge in [-0.2, -0.15) is 0 Å². The highest BCUT2D eigenvalue weighted by Crippen LogP contribution is 2.45. The third-order valence-electron chi connectivity index (χ3n) is 4.64. The third-order valence-corrected chi connectivity index (χ3v) is 5.87. The Morgan fingerprint density at radius 2 is 1.93 bits per heavy atom. The summed E-state index contributed by atoms with van der Waals surface area (Å²) < 4.78 is 22.8. The number of carbonyl (C=O) groups is 1. The van der Waals surface area contributed by atoms with E-state index in [9.17, 15) is 4.79 Å². The first-order valence-corrected chi connectivity index (χ1v) is 9.76. The standard InChI is InChI=1S/C20H21NO5S/c1-23-17-9-5-6-14(19(17)24-2)20-21(18(22)12-27-20)10-13-11-25-15-7-3-4-8-16(15)26-13/h3-9,13,20H,10-12H2,1-2H3. The van der Waals surface area contributed by atoms with Crippen molar-refractivity contribution in [2.24, 2.45) is 0 Å². The van der Waals surface area contributed by atoms with Gasteiger partial charge in [0.2, 0.25) is 5.91 Å². The van der Waals surface area contributed by atoms with E-state index in [4.69, 9.17) is 18.9 Å². The van der Waals surface area contributed by atoms with Gasteiger partial charge < -0.3 is 23.8 Å². The molecule has 1 fully saturated rings. The lowest BCUT2D eigenvalue weighted by Crippen LogP contribution is -2.42. The lowest BCUT2D eigenvalue weighted by atomic mass is 10.1. The maximum Gasteiger partial charge on any atom is 0.233 e. The van der Waals surface area contributed by atoms with Crippen LogP contribution in [0.2, 0.25) is 0 Å². The number of hydrogen-bond acceptors (Lipinski definition) is 6. The second kappa shape index (κ2) is 7.60. The van der Waals surface area contributed by atoms with Crippen LogP contribution in [0.5, 0.6) is 23.0 Å². The van der Waals surface area contributed by atoms with E-state index in [0.717, 1.165) is 11.3 Å². The Bertz CT molecular complexity index is 843. The average molecular weight is 387 g/mol. The molecule has 0 spiro atoms. The molecule has 0 N–H and O–H groups in total. The summed E-state index contributed by atoms with van der Waals surface area (Å²) in [6.45, 7) is 0.860. The van der Waals surface area contributed by atoms with Crippen molar-refractivity contribution in [2.45, 2.75) is 11.5 Å². The molecule has 1 amide bonds. The molecule has 2 aromatic carbocycles. The van der Waals surface area contributed by atoms with Crippen LogP contribution >= 0.6 is 11.8 Å². The van der Waals surface area contributed by atoms with Crippen molar-refractivity contribution in [3.63, 3.8) is 0 Å². The second-order valence-electron chi connectivity index (χ2n) is 6.29. The van der Waals surface area contributed by atoms with Crippen LogP contribution in [0, 0.1) is 0 Å². The first-order chi connectivity index (χ1) is 13.2. The topological polar surface area (TPSA) is 57.2 Å². The van der Waals surface area contributed by atoms with Gasteiger partial charge in [-0.25, -0.2) is 0 Å². The molecule has 2 heterocycles. The SMILES string of the molecule is COc1cccc(C2SCC(=O)N2CC2COc3ccccc3O2)c1OC. The molecule has 0 aromatic heterocycles. The van der Waals surface area contributed by atoms with E-state index in [1.807, 2.05) is 47.4 Å². The quantitative estimate of drug-likeness (QED) is 0.786. The van der Waals surface area contributed by atoms with E-state index in [0.29, 0.717) is 36.2 Å². The van der Waals surface area contributed by atoms with Crippen molar-refractivity contribution in [1.29, 1.82) is 0 Å².